The van der Waals surface area contributed by atoms with E-state index in [0.717, 1.165) is 17.7 Å². The molecule has 0 spiro atoms. The van der Waals surface area contributed by atoms with Crippen molar-refractivity contribution in [2.24, 2.45) is 5.73 Å². The number of benzene rings is 1. The van der Waals surface area contributed by atoms with E-state index >= 15 is 0 Å². The lowest BCUT2D eigenvalue weighted by Crippen LogP contribution is -2.08. The predicted octanol–water partition coefficient (Wildman–Crippen LogP) is 1.95. The van der Waals surface area contributed by atoms with Crippen molar-refractivity contribution < 1.29 is 8.95 Å². The van der Waals surface area contributed by atoms with Crippen LogP contribution >= 0.6 is 11.6 Å². The SMILES string of the molecule is COc1ccc(Cl)cc1CS(=O)CCCN. The van der Waals surface area contributed by atoms with Gasteiger partial charge in [-0.25, -0.2) is 0 Å². The zero-order valence-electron chi connectivity index (χ0n) is 9.24. The summed E-state index contributed by atoms with van der Waals surface area (Å²) >= 11 is 5.89. The number of halogens is 1. The molecule has 16 heavy (non-hydrogen) atoms. The number of rotatable bonds is 6. The van der Waals surface area contributed by atoms with Gasteiger partial charge in [0, 0.05) is 27.1 Å². The molecule has 1 aromatic rings. The Morgan fingerprint density at radius 1 is 1.50 bits per heavy atom. The standard InChI is InChI=1S/C11H16ClNO2S/c1-15-11-4-3-10(12)7-9(11)8-16(14)6-2-5-13/h3-4,7H,2,5-6,8,13H2,1H3. The summed E-state index contributed by atoms with van der Waals surface area (Å²) in [6.07, 6.45) is 0.773. The molecule has 0 bridgehead atoms. The number of nitrogens with two attached hydrogens (primary N) is 1. The Hall–Kier alpha value is -0.580. The average molecular weight is 262 g/mol. The van der Waals surface area contributed by atoms with Crippen LogP contribution in [0.3, 0.4) is 0 Å². The van der Waals surface area contributed by atoms with Crippen molar-refractivity contribution in [2.45, 2.75) is 12.2 Å². The third kappa shape index (κ3) is 4.12. The molecule has 5 heteroatoms. The van der Waals surface area contributed by atoms with Gasteiger partial charge in [-0.3, -0.25) is 4.21 Å². The van der Waals surface area contributed by atoms with Gasteiger partial charge in [-0.1, -0.05) is 11.6 Å². The van der Waals surface area contributed by atoms with Crippen LogP contribution in [0.2, 0.25) is 5.02 Å². The molecule has 1 rings (SSSR count). The van der Waals surface area contributed by atoms with Crippen molar-refractivity contribution in [1.82, 2.24) is 0 Å². The second-order valence-corrected chi connectivity index (χ2v) is 5.40. The molecule has 0 heterocycles. The van der Waals surface area contributed by atoms with E-state index in [1.807, 2.05) is 0 Å². The Morgan fingerprint density at radius 3 is 2.88 bits per heavy atom. The van der Waals surface area contributed by atoms with Crippen LogP contribution < -0.4 is 10.5 Å². The molecule has 0 aliphatic rings. The molecule has 0 saturated carbocycles. The van der Waals surface area contributed by atoms with Crippen LogP contribution in [0.15, 0.2) is 18.2 Å². The average Bonchev–Trinajstić information content (AvgIpc) is 2.27. The Kier molecular flexibility index (Phi) is 5.80. The molecule has 0 amide bonds. The predicted molar refractivity (Wildman–Crippen MR) is 68.4 cm³/mol. The van der Waals surface area contributed by atoms with Gasteiger partial charge >= 0.3 is 0 Å². The Bertz CT molecular complexity index is 371. The topological polar surface area (TPSA) is 52.3 Å². The molecule has 0 saturated heterocycles. The molecule has 1 unspecified atom stereocenters. The first-order valence-electron chi connectivity index (χ1n) is 5.05. The quantitative estimate of drug-likeness (QED) is 0.852. The molecule has 0 aliphatic heterocycles. The zero-order chi connectivity index (χ0) is 12.0. The van der Waals surface area contributed by atoms with Crippen LogP contribution in [-0.4, -0.2) is 23.6 Å². The third-order valence-corrected chi connectivity index (χ3v) is 3.75. The van der Waals surface area contributed by atoms with Crippen molar-refractivity contribution in [3.8, 4) is 5.75 Å². The number of hydrogen-bond donors (Lipinski definition) is 1. The van der Waals surface area contributed by atoms with Gasteiger partial charge in [0.1, 0.15) is 5.75 Å². The molecular weight excluding hydrogens is 246 g/mol. The van der Waals surface area contributed by atoms with Gasteiger partial charge in [-0.05, 0) is 31.2 Å². The number of hydrogen-bond acceptors (Lipinski definition) is 3. The van der Waals surface area contributed by atoms with Gasteiger partial charge in [0.25, 0.3) is 0 Å². The van der Waals surface area contributed by atoms with Gasteiger partial charge in [0.2, 0.25) is 0 Å². The van der Waals surface area contributed by atoms with Crippen molar-refractivity contribution >= 4 is 22.4 Å². The van der Waals surface area contributed by atoms with E-state index in [9.17, 15) is 4.21 Å². The molecule has 1 atom stereocenters. The van der Waals surface area contributed by atoms with Crippen LogP contribution in [-0.2, 0) is 16.6 Å². The van der Waals surface area contributed by atoms with Crippen molar-refractivity contribution in [3.63, 3.8) is 0 Å². The minimum absolute atomic E-state index is 0.462. The first-order valence-corrected chi connectivity index (χ1v) is 6.91. The lowest BCUT2D eigenvalue weighted by molar-refractivity contribution is 0.411. The van der Waals surface area contributed by atoms with Crippen molar-refractivity contribution in [3.05, 3.63) is 28.8 Å². The number of ether oxygens (including phenoxy) is 1. The molecular formula is C11H16ClNO2S. The maximum atomic E-state index is 11.7. The van der Waals surface area contributed by atoms with Gasteiger partial charge in [0.15, 0.2) is 0 Å². The van der Waals surface area contributed by atoms with E-state index in [4.69, 9.17) is 22.1 Å². The van der Waals surface area contributed by atoms with E-state index < -0.39 is 10.8 Å². The lowest BCUT2D eigenvalue weighted by atomic mass is 10.2. The fraction of sp³-hybridized carbons (Fsp3) is 0.455. The lowest BCUT2D eigenvalue weighted by Gasteiger charge is -2.08. The zero-order valence-corrected chi connectivity index (χ0v) is 10.8. The molecule has 90 valence electrons. The van der Waals surface area contributed by atoms with Crippen molar-refractivity contribution in [2.75, 3.05) is 19.4 Å². The Morgan fingerprint density at radius 2 is 2.25 bits per heavy atom. The maximum absolute atomic E-state index is 11.7. The number of methoxy groups -OCH3 is 1. The van der Waals surface area contributed by atoms with Gasteiger partial charge in [-0.2, -0.15) is 0 Å². The first-order chi connectivity index (χ1) is 7.67. The van der Waals surface area contributed by atoms with Gasteiger partial charge in [0.05, 0.1) is 12.9 Å². The highest BCUT2D eigenvalue weighted by molar-refractivity contribution is 7.84. The second-order valence-electron chi connectivity index (χ2n) is 3.39. The normalized spacial score (nSPS) is 12.4. The third-order valence-electron chi connectivity index (χ3n) is 2.14. The first kappa shape index (κ1) is 13.5. The summed E-state index contributed by atoms with van der Waals surface area (Å²) in [6.45, 7) is 0.568. The van der Waals surface area contributed by atoms with Crippen LogP contribution in [0.25, 0.3) is 0 Å². The molecule has 2 N–H and O–H groups in total. The van der Waals surface area contributed by atoms with Crippen LogP contribution in [0.4, 0.5) is 0 Å². The smallest absolute Gasteiger partial charge is 0.123 e. The molecule has 0 radical (unpaired) electrons. The highest BCUT2D eigenvalue weighted by Crippen LogP contribution is 2.23. The molecule has 0 fully saturated rings. The van der Waals surface area contributed by atoms with Crippen LogP contribution in [0.1, 0.15) is 12.0 Å². The maximum Gasteiger partial charge on any atom is 0.123 e. The van der Waals surface area contributed by atoms with Crippen LogP contribution in [0.5, 0.6) is 5.75 Å². The Labute approximate surface area is 103 Å². The van der Waals surface area contributed by atoms with E-state index in [0.29, 0.717) is 23.1 Å². The molecule has 0 aliphatic carbocycles. The summed E-state index contributed by atoms with van der Waals surface area (Å²) < 4.78 is 16.9. The fourth-order valence-electron chi connectivity index (χ4n) is 1.35. The summed E-state index contributed by atoms with van der Waals surface area (Å²) in [5, 5.41) is 0.631. The van der Waals surface area contributed by atoms with E-state index in [1.54, 1.807) is 25.3 Å². The van der Waals surface area contributed by atoms with Gasteiger partial charge < -0.3 is 10.5 Å². The fourth-order valence-corrected chi connectivity index (χ4v) is 2.75. The minimum Gasteiger partial charge on any atom is -0.496 e. The summed E-state index contributed by atoms with van der Waals surface area (Å²) in [5.74, 6) is 1.81. The molecule has 0 aromatic heterocycles. The van der Waals surface area contributed by atoms with E-state index in [1.165, 1.54) is 0 Å². The van der Waals surface area contributed by atoms with Crippen LogP contribution in [0, 0.1) is 0 Å². The summed E-state index contributed by atoms with van der Waals surface area (Å²) in [7, 11) is 0.683. The summed E-state index contributed by atoms with van der Waals surface area (Å²) in [4.78, 5) is 0. The Balaban J connectivity index is 2.71. The highest BCUT2D eigenvalue weighted by atomic mass is 35.5. The summed E-state index contributed by atoms with van der Waals surface area (Å²) in [6, 6.07) is 5.34. The summed E-state index contributed by atoms with van der Waals surface area (Å²) in [5.41, 5.74) is 6.25. The van der Waals surface area contributed by atoms with Crippen molar-refractivity contribution in [1.29, 1.82) is 0 Å². The largest absolute Gasteiger partial charge is 0.496 e. The molecule has 3 nitrogen and oxygen atoms in total. The van der Waals surface area contributed by atoms with Gasteiger partial charge in [-0.15, -0.1) is 0 Å². The highest BCUT2D eigenvalue weighted by Gasteiger charge is 2.08. The van der Waals surface area contributed by atoms with E-state index in [-0.39, 0.29) is 0 Å². The van der Waals surface area contributed by atoms with E-state index in [2.05, 4.69) is 0 Å². The minimum atomic E-state index is -0.910. The monoisotopic (exact) mass is 261 g/mol. The second kappa shape index (κ2) is 6.89. The molecule has 1 aromatic carbocycles.